The Balaban J connectivity index is 2.09. The Bertz CT molecular complexity index is 1110. The summed E-state index contributed by atoms with van der Waals surface area (Å²) in [5.41, 5.74) is -2.62. The standard InChI is InChI=1S/C18H13F3N4O3/c1-10-9-14(27)15(17(28)23-16-13(26)7-4-8-22-16)24-25(10)12-6-3-2-5-11(12)18(19,20)21/h2-9,26H,1H3,(H,22,23,28). The molecular formula is C18H13F3N4O3. The SMILES string of the molecule is Cc1cc(=O)c(C(=O)Nc2ncccc2O)nn1-c1ccccc1C(F)(F)F. The molecule has 0 atom stereocenters. The maximum atomic E-state index is 13.3. The van der Waals surface area contributed by atoms with E-state index in [-0.39, 0.29) is 22.9 Å². The Hall–Kier alpha value is -3.69. The van der Waals surface area contributed by atoms with Crippen molar-refractivity contribution in [1.29, 1.82) is 0 Å². The average Bonchev–Trinajstić information content (AvgIpc) is 2.63. The first kappa shape index (κ1) is 19.1. The van der Waals surface area contributed by atoms with Gasteiger partial charge in [0, 0.05) is 18.0 Å². The van der Waals surface area contributed by atoms with E-state index in [4.69, 9.17) is 0 Å². The number of aryl methyl sites for hydroxylation is 1. The van der Waals surface area contributed by atoms with Gasteiger partial charge < -0.3 is 10.4 Å². The highest BCUT2D eigenvalue weighted by molar-refractivity contribution is 6.02. The second kappa shape index (κ2) is 7.14. The maximum Gasteiger partial charge on any atom is 0.418 e. The lowest BCUT2D eigenvalue weighted by atomic mass is 10.1. The van der Waals surface area contributed by atoms with Crippen LogP contribution in [0.2, 0.25) is 0 Å². The van der Waals surface area contributed by atoms with Crippen LogP contribution in [0.5, 0.6) is 5.75 Å². The number of rotatable bonds is 3. The number of amides is 1. The fourth-order valence-electron chi connectivity index (χ4n) is 2.51. The van der Waals surface area contributed by atoms with Crippen molar-refractivity contribution >= 4 is 11.7 Å². The zero-order chi connectivity index (χ0) is 20.5. The van der Waals surface area contributed by atoms with Crippen LogP contribution >= 0.6 is 0 Å². The summed E-state index contributed by atoms with van der Waals surface area (Å²) in [6.45, 7) is 1.40. The first-order chi connectivity index (χ1) is 13.2. The molecule has 2 aromatic heterocycles. The molecule has 7 nitrogen and oxygen atoms in total. The molecule has 0 radical (unpaired) electrons. The van der Waals surface area contributed by atoms with Crippen LogP contribution in [0.15, 0.2) is 53.5 Å². The van der Waals surface area contributed by atoms with E-state index in [2.05, 4.69) is 15.4 Å². The highest BCUT2D eigenvalue weighted by atomic mass is 19.4. The van der Waals surface area contributed by atoms with Gasteiger partial charge >= 0.3 is 6.18 Å². The predicted octanol–water partition coefficient (Wildman–Crippen LogP) is 2.91. The van der Waals surface area contributed by atoms with E-state index < -0.39 is 28.8 Å². The number of hydrogen-bond acceptors (Lipinski definition) is 5. The Morgan fingerprint density at radius 3 is 2.57 bits per heavy atom. The molecule has 1 amide bonds. The van der Waals surface area contributed by atoms with Gasteiger partial charge in [0.15, 0.2) is 17.3 Å². The van der Waals surface area contributed by atoms with E-state index >= 15 is 0 Å². The molecular weight excluding hydrogens is 377 g/mol. The van der Waals surface area contributed by atoms with Crippen LogP contribution in [0.25, 0.3) is 5.69 Å². The van der Waals surface area contributed by atoms with Crippen molar-refractivity contribution in [2.45, 2.75) is 13.1 Å². The van der Waals surface area contributed by atoms with Gasteiger partial charge in [0.05, 0.1) is 11.3 Å². The van der Waals surface area contributed by atoms with Gasteiger partial charge in [-0.3, -0.25) is 9.59 Å². The molecule has 0 fully saturated rings. The zero-order valence-corrected chi connectivity index (χ0v) is 14.4. The first-order valence-electron chi connectivity index (χ1n) is 7.91. The number of alkyl halides is 3. The van der Waals surface area contributed by atoms with Crippen LogP contribution in [-0.4, -0.2) is 25.8 Å². The van der Waals surface area contributed by atoms with E-state index in [1.165, 1.54) is 43.5 Å². The molecule has 1 aromatic carbocycles. The van der Waals surface area contributed by atoms with E-state index in [9.17, 15) is 27.9 Å². The number of benzene rings is 1. The summed E-state index contributed by atoms with van der Waals surface area (Å²) in [5, 5.41) is 15.7. The Labute approximate surface area is 156 Å². The number of para-hydroxylation sites is 1. The molecule has 0 aliphatic rings. The molecule has 3 aromatic rings. The summed E-state index contributed by atoms with van der Waals surface area (Å²) >= 11 is 0. The molecule has 0 spiro atoms. The van der Waals surface area contributed by atoms with E-state index in [0.29, 0.717) is 0 Å². The third-order valence-electron chi connectivity index (χ3n) is 3.78. The third kappa shape index (κ3) is 3.70. The largest absolute Gasteiger partial charge is 0.504 e. The van der Waals surface area contributed by atoms with Gasteiger partial charge in [-0.15, -0.1) is 0 Å². The quantitative estimate of drug-likeness (QED) is 0.717. The van der Waals surface area contributed by atoms with Crippen molar-refractivity contribution in [3.05, 3.63) is 75.8 Å². The van der Waals surface area contributed by atoms with Crippen LogP contribution in [0.4, 0.5) is 19.0 Å². The molecule has 0 unspecified atom stereocenters. The first-order valence-corrected chi connectivity index (χ1v) is 7.91. The summed E-state index contributed by atoms with van der Waals surface area (Å²) in [7, 11) is 0. The Kier molecular flexibility index (Phi) is 4.87. The Morgan fingerprint density at radius 2 is 1.89 bits per heavy atom. The number of carbonyl (C=O) groups is 1. The highest BCUT2D eigenvalue weighted by Crippen LogP contribution is 2.33. The number of aromatic hydroxyl groups is 1. The summed E-state index contributed by atoms with van der Waals surface area (Å²) < 4.78 is 40.8. The number of nitrogens with one attached hydrogen (secondary N) is 1. The van der Waals surface area contributed by atoms with Gasteiger partial charge in [-0.1, -0.05) is 12.1 Å². The van der Waals surface area contributed by atoms with Crippen LogP contribution < -0.4 is 10.7 Å². The lowest BCUT2D eigenvalue weighted by Gasteiger charge is -2.16. The monoisotopic (exact) mass is 390 g/mol. The second-order valence-corrected chi connectivity index (χ2v) is 5.75. The van der Waals surface area contributed by atoms with Crippen molar-refractivity contribution in [2.24, 2.45) is 0 Å². The molecule has 2 N–H and O–H groups in total. The highest BCUT2D eigenvalue weighted by Gasteiger charge is 2.34. The van der Waals surface area contributed by atoms with Gasteiger partial charge in [-0.2, -0.15) is 18.3 Å². The van der Waals surface area contributed by atoms with Gasteiger partial charge in [-0.25, -0.2) is 9.67 Å². The molecule has 144 valence electrons. The van der Waals surface area contributed by atoms with Crippen LogP contribution in [0, 0.1) is 6.92 Å². The fraction of sp³-hybridized carbons (Fsp3) is 0.111. The van der Waals surface area contributed by atoms with Gasteiger partial charge in [0.1, 0.15) is 0 Å². The maximum absolute atomic E-state index is 13.3. The predicted molar refractivity (Wildman–Crippen MR) is 93.4 cm³/mol. The van der Waals surface area contributed by atoms with Gasteiger partial charge in [0.2, 0.25) is 5.43 Å². The number of carbonyl (C=O) groups excluding carboxylic acids is 1. The number of aromatic nitrogens is 3. The smallest absolute Gasteiger partial charge is 0.418 e. The second-order valence-electron chi connectivity index (χ2n) is 5.75. The molecule has 0 saturated carbocycles. The molecule has 2 heterocycles. The summed E-state index contributed by atoms with van der Waals surface area (Å²) in [6.07, 6.45) is -3.36. The minimum Gasteiger partial charge on any atom is -0.504 e. The number of anilines is 1. The van der Waals surface area contributed by atoms with Crippen LogP contribution in [0.3, 0.4) is 0 Å². The molecule has 0 aliphatic heterocycles. The lowest BCUT2D eigenvalue weighted by molar-refractivity contribution is -0.137. The van der Waals surface area contributed by atoms with Gasteiger partial charge in [-0.05, 0) is 31.2 Å². The molecule has 10 heteroatoms. The molecule has 0 bridgehead atoms. The fourth-order valence-corrected chi connectivity index (χ4v) is 2.51. The molecule has 28 heavy (non-hydrogen) atoms. The van der Waals surface area contributed by atoms with Crippen molar-refractivity contribution in [2.75, 3.05) is 5.32 Å². The summed E-state index contributed by atoms with van der Waals surface area (Å²) in [4.78, 5) is 28.3. The van der Waals surface area contributed by atoms with E-state index in [0.717, 1.165) is 16.8 Å². The number of pyridine rings is 1. The third-order valence-corrected chi connectivity index (χ3v) is 3.78. The van der Waals surface area contributed by atoms with E-state index in [1.54, 1.807) is 0 Å². The molecule has 0 aliphatic carbocycles. The number of hydrogen-bond donors (Lipinski definition) is 2. The minimum absolute atomic E-state index is 0.110. The normalized spacial score (nSPS) is 11.3. The van der Waals surface area contributed by atoms with Crippen molar-refractivity contribution in [3.8, 4) is 11.4 Å². The summed E-state index contributed by atoms with van der Waals surface area (Å²) in [5.74, 6) is -1.57. The van der Waals surface area contributed by atoms with Gasteiger partial charge in [0.25, 0.3) is 5.91 Å². The van der Waals surface area contributed by atoms with Crippen LogP contribution in [0.1, 0.15) is 21.7 Å². The lowest BCUT2D eigenvalue weighted by Crippen LogP contribution is -2.27. The zero-order valence-electron chi connectivity index (χ0n) is 14.4. The summed E-state index contributed by atoms with van der Waals surface area (Å²) in [6, 6.07) is 8.36. The average molecular weight is 390 g/mol. The number of nitrogens with zero attached hydrogens (tertiary/aromatic N) is 3. The Morgan fingerprint density at radius 1 is 1.18 bits per heavy atom. The van der Waals surface area contributed by atoms with E-state index in [1.807, 2.05) is 0 Å². The topological polar surface area (TPSA) is 97.1 Å². The molecule has 3 rings (SSSR count). The molecule has 0 saturated heterocycles. The number of halogens is 3. The van der Waals surface area contributed by atoms with Crippen molar-refractivity contribution in [3.63, 3.8) is 0 Å². The minimum atomic E-state index is -4.66. The van der Waals surface area contributed by atoms with Crippen molar-refractivity contribution < 1.29 is 23.1 Å². The van der Waals surface area contributed by atoms with Crippen molar-refractivity contribution in [1.82, 2.24) is 14.8 Å². The van der Waals surface area contributed by atoms with Crippen LogP contribution in [-0.2, 0) is 6.18 Å².